The smallest absolute Gasteiger partial charge is 0.254 e. The van der Waals surface area contributed by atoms with Crippen LogP contribution in [0.15, 0.2) is 29.2 Å². The van der Waals surface area contributed by atoms with Gasteiger partial charge in [0.1, 0.15) is 5.82 Å². The molecule has 19 heavy (non-hydrogen) atoms. The monoisotopic (exact) mass is 275 g/mol. The first kappa shape index (κ1) is 13.7. The van der Waals surface area contributed by atoms with E-state index in [1.807, 2.05) is 19.2 Å². The van der Waals surface area contributed by atoms with Crippen molar-refractivity contribution in [3.63, 3.8) is 0 Å². The fourth-order valence-electron chi connectivity index (χ4n) is 1.78. The van der Waals surface area contributed by atoms with Crippen LogP contribution in [0.2, 0.25) is 0 Å². The Kier molecular flexibility index (Phi) is 4.63. The molecule has 2 heterocycles. The largest absolute Gasteiger partial charge is 0.349 e. The van der Waals surface area contributed by atoms with Crippen LogP contribution in [0.1, 0.15) is 35.6 Å². The second-order valence-electron chi connectivity index (χ2n) is 4.45. The van der Waals surface area contributed by atoms with Crippen molar-refractivity contribution in [2.24, 2.45) is 0 Å². The molecule has 2 rings (SSSR count). The van der Waals surface area contributed by atoms with E-state index in [1.165, 1.54) is 5.56 Å². The van der Waals surface area contributed by atoms with Gasteiger partial charge >= 0.3 is 0 Å². The second kappa shape index (κ2) is 6.43. The number of amides is 1. The molecule has 0 aliphatic heterocycles. The Balaban J connectivity index is 1.92. The lowest BCUT2D eigenvalue weighted by Crippen LogP contribution is -2.34. The molecule has 1 amide bonds. The number of hydrogen-bond acceptors (Lipinski definition) is 4. The molecule has 0 saturated heterocycles. The quantitative estimate of drug-likeness (QED) is 0.912. The molecule has 0 radical (unpaired) electrons. The van der Waals surface area contributed by atoms with Crippen molar-refractivity contribution in [1.82, 2.24) is 15.3 Å². The average molecular weight is 275 g/mol. The summed E-state index contributed by atoms with van der Waals surface area (Å²) in [4.78, 5) is 20.3. The van der Waals surface area contributed by atoms with Crippen LogP contribution >= 0.6 is 11.3 Å². The highest BCUT2D eigenvalue weighted by atomic mass is 32.1. The van der Waals surface area contributed by atoms with E-state index in [4.69, 9.17) is 0 Å². The van der Waals surface area contributed by atoms with Gasteiger partial charge in [0.2, 0.25) is 0 Å². The lowest BCUT2D eigenvalue weighted by atomic mass is 10.1. The number of aryl methyl sites for hydroxylation is 1. The van der Waals surface area contributed by atoms with Gasteiger partial charge in [-0.05, 0) is 35.7 Å². The highest BCUT2D eigenvalue weighted by molar-refractivity contribution is 7.07. The van der Waals surface area contributed by atoms with E-state index in [0.717, 1.165) is 18.7 Å². The molecule has 0 bridgehead atoms. The second-order valence-corrected chi connectivity index (χ2v) is 5.23. The van der Waals surface area contributed by atoms with Crippen LogP contribution in [-0.4, -0.2) is 21.9 Å². The van der Waals surface area contributed by atoms with Crippen LogP contribution in [0.3, 0.4) is 0 Å². The highest BCUT2D eigenvalue weighted by Crippen LogP contribution is 2.09. The topological polar surface area (TPSA) is 54.9 Å². The lowest BCUT2D eigenvalue weighted by molar-refractivity contribution is 0.0939. The predicted octanol–water partition coefficient (Wildman–Crippen LogP) is 2.46. The van der Waals surface area contributed by atoms with Gasteiger partial charge in [-0.3, -0.25) is 4.79 Å². The Hall–Kier alpha value is -1.75. The number of nitrogens with zero attached hydrogens (tertiary/aromatic N) is 2. The van der Waals surface area contributed by atoms with Gasteiger partial charge < -0.3 is 5.32 Å². The molecule has 1 unspecified atom stereocenters. The molecule has 5 heteroatoms. The first-order valence-corrected chi connectivity index (χ1v) is 7.26. The molecule has 0 saturated carbocycles. The summed E-state index contributed by atoms with van der Waals surface area (Å²) in [5.41, 5.74) is 1.75. The van der Waals surface area contributed by atoms with E-state index in [1.54, 1.807) is 23.7 Å². The number of nitrogens with one attached hydrogen (secondary N) is 1. The number of carbonyl (C=O) groups is 1. The third-order valence-corrected chi connectivity index (χ3v) is 3.52. The van der Waals surface area contributed by atoms with Gasteiger partial charge in [-0.15, -0.1) is 0 Å². The molecule has 0 aliphatic rings. The van der Waals surface area contributed by atoms with E-state index in [0.29, 0.717) is 5.56 Å². The zero-order valence-corrected chi connectivity index (χ0v) is 11.9. The highest BCUT2D eigenvalue weighted by Gasteiger charge is 2.11. The number of carbonyl (C=O) groups excluding carboxylic acids is 1. The van der Waals surface area contributed by atoms with E-state index in [2.05, 4.69) is 26.7 Å². The summed E-state index contributed by atoms with van der Waals surface area (Å²) in [6.07, 6.45) is 4.77. The van der Waals surface area contributed by atoms with Gasteiger partial charge in [0.05, 0.1) is 5.56 Å². The van der Waals surface area contributed by atoms with Crippen LogP contribution in [0.4, 0.5) is 0 Å². The maximum Gasteiger partial charge on any atom is 0.254 e. The minimum atomic E-state index is -0.120. The Morgan fingerprint density at radius 3 is 2.74 bits per heavy atom. The van der Waals surface area contributed by atoms with Gasteiger partial charge in [-0.1, -0.05) is 6.92 Å². The number of hydrogen-bond donors (Lipinski definition) is 1. The van der Waals surface area contributed by atoms with E-state index >= 15 is 0 Å². The van der Waals surface area contributed by atoms with Crippen molar-refractivity contribution in [3.8, 4) is 0 Å². The molecule has 100 valence electrons. The van der Waals surface area contributed by atoms with Crippen molar-refractivity contribution < 1.29 is 4.79 Å². The van der Waals surface area contributed by atoms with Crippen molar-refractivity contribution in [1.29, 1.82) is 0 Å². The summed E-state index contributed by atoms with van der Waals surface area (Å²) in [6.45, 7) is 3.98. The summed E-state index contributed by atoms with van der Waals surface area (Å²) in [5, 5.41) is 7.10. The Morgan fingerprint density at radius 2 is 2.16 bits per heavy atom. The molecule has 0 aromatic carbocycles. The lowest BCUT2D eigenvalue weighted by Gasteiger charge is -2.12. The molecular formula is C14H17N3OS. The van der Waals surface area contributed by atoms with Crippen LogP contribution in [0.5, 0.6) is 0 Å². The van der Waals surface area contributed by atoms with Crippen LogP contribution in [0.25, 0.3) is 0 Å². The zero-order chi connectivity index (χ0) is 13.7. The average Bonchev–Trinajstić information content (AvgIpc) is 2.91. The first-order chi connectivity index (χ1) is 9.19. The first-order valence-electron chi connectivity index (χ1n) is 6.32. The number of aromatic nitrogens is 2. The molecule has 1 N–H and O–H groups in total. The van der Waals surface area contributed by atoms with Gasteiger partial charge in [0.25, 0.3) is 5.91 Å². The molecule has 2 aromatic heterocycles. The summed E-state index contributed by atoms with van der Waals surface area (Å²) in [7, 11) is 0. The molecule has 0 spiro atoms. The fourth-order valence-corrected chi connectivity index (χ4v) is 2.46. The van der Waals surface area contributed by atoms with Crippen LogP contribution in [0, 0.1) is 0 Å². The third kappa shape index (κ3) is 3.86. The van der Waals surface area contributed by atoms with Gasteiger partial charge in [-0.25, -0.2) is 9.97 Å². The van der Waals surface area contributed by atoms with Crippen LogP contribution in [-0.2, 0) is 12.8 Å². The molecule has 0 fully saturated rings. The van der Waals surface area contributed by atoms with E-state index in [-0.39, 0.29) is 11.9 Å². The van der Waals surface area contributed by atoms with Crippen molar-refractivity contribution in [3.05, 3.63) is 46.2 Å². The molecule has 2 aromatic rings. The predicted molar refractivity (Wildman–Crippen MR) is 76.4 cm³/mol. The van der Waals surface area contributed by atoms with Gasteiger partial charge in [-0.2, -0.15) is 11.3 Å². The zero-order valence-electron chi connectivity index (χ0n) is 11.1. The maximum absolute atomic E-state index is 12.0. The Bertz CT molecular complexity index is 522. The minimum Gasteiger partial charge on any atom is -0.349 e. The standard InChI is InChI=1S/C14H17N3OS/c1-3-13-15-7-12(8-16-13)14(18)17-10(2)6-11-4-5-19-9-11/h4-5,7-10H,3,6H2,1-2H3,(H,17,18). The Labute approximate surface area is 116 Å². The van der Waals surface area contributed by atoms with E-state index in [9.17, 15) is 4.79 Å². The normalized spacial score (nSPS) is 12.1. The van der Waals surface area contributed by atoms with Crippen molar-refractivity contribution >= 4 is 17.2 Å². The fraction of sp³-hybridized carbons (Fsp3) is 0.357. The number of thiophene rings is 1. The van der Waals surface area contributed by atoms with Crippen molar-refractivity contribution in [2.75, 3.05) is 0 Å². The van der Waals surface area contributed by atoms with Crippen molar-refractivity contribution in [2.45, 2.75) is 32.7 Å². The summed E-state index contributed by atoms with van der Waals surface area (Å²) in [5.74, 6) is 0.633. The molecule has 4 nitrogen and oxygen atoms in total. The molecular weight excluding hydrogens is 258 g/mol. The molecule has 1 atom stereocenters. The summed E-state index contributed by atoms with van der Waals surface area (Å²) < 4.78 is 0. The van der Waals surface area contributed by atoms with Gasteiger partial charge in [0, 0.05) is 24.9 Å². The summed E-state index contributed by atoms with van der Waals surface area (Å²) >= 11 is 1.67. The minimum absolute atomic E-state index is 0.0907. The maximum atomic E-state index is 12.0. The SMILES string of the molecule is CCc1ncc(C(=O)NC(C)Cc2ccsc2)cn1. The van der Waals surface area contributed by atoms with Crippen LogP contribution < -0.4 is 5.32 Å². The third-order valence-electron chi connectivity index (χ3n) is 2.78. The van der Waals surface area contributed by atoms with E-state index < -0.39 is 0 Å². The Morgan fingerprint density at radius 1 is 1.42 bits per heavy atom. The number of rotatable bonds is 5. The van der Waals surface area contributed by atoms with Gasteiger partial charge in [0.15, 0.2) is 0 Å². The molecule has 0 aliphatic carbocycles. The summed E-state index contributed by atoms with van der Waals surface area (Å²) in [6, 6.07) is 2.17.